The van der Waals surface area contributed by atoms with E-state index in [1.807, 2.05) is 22.6 Å². The van der Waals surface area contributed by atoms with Crippen LogP contribution in [0.2, 0.25) is 0 Å². The molecule has 0 bridgehead atoms. The maximum absolute atomic E-state index is 11.4. The SMILES string of the molecule is CN1CCC(CCNc2nc[nH]c(=O)c2I)CC1. The van der Waals surface area contributed by atoms with E-state index in [4.69, 9.17) is 0 Å². The summed E-state index contributed by atoms with van der Waals surface area (Å²) in [5.74, 6) is 1.50. The number of rotatable bonds is 4. The zero-order valence-electron chi connectivity index (χ0n) is 10.6. The van der Waals surface area contributed by atoms with Crippen LogP contribution in [0.3, 0.4) is 0 Å². The number of anilines is 1. The summed E-state index contributed by atoms with van der Waals surface area (Å²) in [5, 5.41) is 3.26. The van der Waals surface area contributed by atoms with Gasteiger partial charge in [0.05, 0.1) is 6.33 Å². The van der Waals surface area contributed by atoms with Gasteiger partial charge in [0.2, 0.25) is 0 Å². The molecule has 2 N–H and O–H groups in total. The summed E-state index contributed by atoms with van der Waals surface area (Å²) < 4.78 is 0.637. The molecule has 1 aliphatic heterocycles. The molecular formula is C12H19IN4O. The van der Waals surface area contributed by atoms with Crippen molar-refractivity contribution in [2.24, 2.45) is 5.92 Å². The van der Waals surface area contributed by atoms with Crippen molar-refractivity contribution in [3.05, 3.63) is 20.3 Å². The molecule has 0 amide bonds. The van der Waals surface area contributed by atoms with E-state index in [-0.39, 0.29) is 5.56 Å². The predicted molar refractivity (Wildman–Crippen MR) is 80.9 cm³/mol. The molecule has 100 valence electrons. The smallest absolute Gasteiger partial charge is 0.266 e. The largest absolute Gasteiger partial charge is 0.369 e. The van der Waals surface area contributed by atoms with Gasteiger partial charge in [-0.3, -0.25) is 4.79 Å². The second-order valence-electron chi connectivity index (χ2n) is 4.86. The topological polar surface area (TPSA) is 61.0 Å². The van der Waals surface area contributed by atoms with Crippen molar-refractivity contribution in [2.45, 2.75) is 19.3 Å². The standard InChI is InChI=1S/C12H19IN4O/c1-17-6-3-9(4-7-17)2-5-14-11-10(13)12(18)16-8-15-11/h8-9H,2-7H2,1H3,(H2,14,15,16,18). The van der Waals surface area contributed by atoms with Crippen molar-refractivity contribution in [2.75, 3.05) is 32.0 Å². The van der Waals surface area contributed by atoms with Gasteiger partial charge in [-0.15, -0.1) is 0 Å². The average Bonchev–Trinajstić information content (AvgIpc) is 2.37. The second kappa shape index (κ2) is 6.51. The summed E-state index contributed by atoms with van der Waals surface area (Å²) >= 11 is 2.03. The Kier molecular flexibility index (Phi) is 4.99. The van der Waals surface area contributed by atoms with Gasteiger partial charge in [-0.1, -0.05) is 0 Å². The van der Waals surface area contributed by atoms with Crippen LogP contribution in [0.4, 0.5) is 5.82 Å². The van der Waals surface area contributed by atoms with Crippen molar-refractivity contribution in [3.63, 3.8) is 0 Å². The van der Waals surface area contributed by atoms with Crippen molar-refractivity contribution in [1.82, 2.24) is 14.9 Å². The van der Waals surface area contributed by atoms with Gasteiger partial charge in [-0.25, -0.2) is 4.98 Å². The van der Waals surface area contributed by atoms with Crippen molar-refractivity contribution >= 4 is 28.4 Å². The predicted octanol–water partition coefficient (Wildman–Crippen LogP) is 1.52. The molecule has 1 saturated heterocycles. The first-order valence-electron chi connectivity index (χ1n) is 6.32. The Morgan fingerprint density at radius 2 is 2.28 bits per heavy atom. The number of likely N-dealkylation sites (tertiary alicyclic amines) is 1. The second-order valence-corrected chi connectivity index (χ2v) is 5.94. The molecule has 2 heterocycles. The first-order chi connectivity index (χ1) is 8.66. The van der Waals surface area contributed by atoms with Crippen LogP contribution in [0.25, 0.3) is 0 Å². The molecular weight excluding hydrogens is 343 g/mol. The van der Waals surface area contributed by atoms with Gasteiger partial charge >= 0.3 is 0 Å². The zero-order chi connectivity index (χ0) is 13.0. The Morgan fingerprint density at radius 3 is 3.00 bits per heavy atom. The Bertz CT molecular complexity index is 440. The lowest BCUT2D eigenvalue weighted by molar-refractivity contribution is 0.215. The molecule has 0 saturated carbocycles. The van der Waals surface area contributed by atoms with Gasteiger partial charge in [-0.2, -0.15) is 0 Å². The molecule has 1 aromatic rings. The fraction of sp³-hybridized carbons (Fsp3) is 0.667. The highest BCUT2D eigenvalue weighted by Gasteiger charge is 2.16. The third-order valence-corrected chi connectivity index (χ3v) is 4.48. The van der Waals surface area contributed by atoms with Crippen LogP contribution in [0, 0.1) is 9.49 Å². The minimum absolute atomic E-state index is 0.0765. The maximum atomic E-state index is 11.4. The minimum Gasteiger partial charge on any atom is -0.369 e. The van der Waals surface area contributed by atoms with Crippen LogP contribution >= 0.6 is 22.6 Å². The summed E-state index contributed by atoms with van der Waals surface area (Å²) in [4.78, 5) is 20.5. The summed E-state index contributed by atoms with van der Waals surface area (Å²) in [6.45, 7) is 3.29. The van der Waals surface area contributed by atoms with Crippen LogP contribution in [0.5, 0.6) is 0 Å². The third kappa shape index (κ3) is 3.68. The highest BCUT2D eigenvalue weighted by molar-refractivity contribution is 14.1. The van der Waals surface area contributed by atoms with Crippen molar-refractivity contribution < 1.29 is 0 Å². The number of nitrogens with zero attached hydrogens (tertiary/aromatic N) is 2. The molecule has 0 unspecified atom stereocenters. The quantitative estimate of drug-likeness (QED) is 0.798. The summed E-state index contributed by atoms with van der Waals surface area (Å²) in [7, 11) is 2.18. The molecule has 0 atom stereocenters. The van der Waals surface area contributed by atoms with Crippen molar-refractivity contribution in [1.29, 1.82) is 0 Å². The summed E-state index contributed by atoms with van der Waals surface area (Å²) in [5.41, 5.74) is -0.0765. The van der Waals surface area contributed by atoms with E-state index in [0.717, 1.165) is 18.9 Å². The van der Waals surface area contributed by atoms with Gasteiger partial charge in [0.1, 0.15) is 9.39 Å². The fourth-order valence-corrected chi connectivity index (χ4v) is 2.74. The Labute approximate surface area is 121 Å². The summed E-state index contributed by atoms with van der Waals surface area (Å²) in [6.07, 6.45) is 5.15. The Balaban J connectivity index is 1.78. The van der Waals surface area contributed by atoms with Gasteiger partial charge in [-0.05, 0) is 67.9 Å². The van der Waals surface area contributed by atoms with Crippen LogP contribution in [-0.2, 0) is 0 Å². The molecule has 0 aromatic carbocycles. The van der Waals surface area contributed by atoms with Gasteiger partial charge < -0.3 is 15.2 Å². The number of hydrogen-bond acceptors (Lipinski definition) is 4. The lowest BCUT2D eigenvalue weighted by Gasteiger charge is -2.28. The van der Waals surface area contributed by atoms with E-state index in [9.17, 15) is 4.79 Å². The van der Waals surface area contributed by atoms with E-state index < -0.39 is 0 Å². The van der Waals surface area contributed by atoms with E-state index >= 15 is 0 Å². The number of H-pyrrole nitrogens is 1. The van der Waals surface area contributed by atoms with Gasteiger partial charge in [0, 0.05) is 6.54 Å². The lowest BCUT2D eigenvalue weighted by atomic mass is 9.94. The average molecular weight is 362 g/mol. The third-order valence-electron chi connectivity index (χ3n) is 3.48. The zero-order valence-corrected chi connectivity index (χ0v) is 12.7. The molecule has 0 aliphatic carbocycles. The molecule has 6 heteroatoms. The molecule has 5 nitrogen and oxygen atoms in total. The number of aromatic nitrogens is 2. The van der Waals surface area contributed by atoms with Crippen LogP contribution < -0.4 is 10.9 Å². The number of piperidine rings is 1. The summed E-state index contributed by atoms with van der Waals surface area (Å²) in [6, 6.07) is 0. The van der Waals surface area contributed by atoms with Crippen LogP contribution in [0.1, 0.15) is 19.3 Å². The first-order valence-corrected chi connectivity index (χ1v) is 7.40. The molecule has 0 radical (unpaired) electrons. The number of aromatic amines is 1. The van der Waals surface area contributed by atoms with E-state index in [1.165, 1.54) is 32.3 Å². The van der Waals surface area contributed by atoms with E-state index in [1.54, 1.807) is 0 Å². The highest BCUT2D eigenvalue weighted by Crippen LogP contribution is 2.19. The van der Waals surface area contributed by atoms with Crippen molar-refractivity contribution in [3.8, 4) is 0 Å². The van der Waals surface area contributed by atoms with E-state index in [0.29, 0.717) is 9.39 Å². The number of nitrogens with one attached hydrogen (secondary N) is 2. The molecule has 1 aromatic heterocycles. The molecule has 1 fully saturated rings. The fourth-order valence-electron chi connectivity index (χ4n) is 2.25. The maximum Gasteiger partial charge on any atom is 0.266 e. The number of halogens is 1. The monoisotopic (exact) mass is 362 g/mol. The van der Waals surface area contributed by atoms with E-state index in [2.05, 4.69) is 27.2 Å². The highest BCUT2D eigenvalue weighted by atomic mass is 127. The Morgan fingerprint density at radius 1 is 1.56 bits per heavy atom. The molecule has 1 aliphatic rings. The van der Waals surface area contributed by atoms with Crippen LogP contribution in [0.15, 0.2) is 11.1 Å². The number of hydrogen-bond donors (Lipinski definition) is 2. The normalized spacial score (nSPS) is 17.9. The van der Waals surface area contributed by atoms with Gasteiger partial charge in [0.25, 0.3) is 5.56 Å². The molecule has 18 heavy (non-hydrogen) atoms. The Hall–Kier alpha value is -0.630. The first kappa shape index (κ1) is 13.8. The van der Waals surface area contributed by atoms with Gasteiger partial charge in [0.15, 0.2) is 0 Å². The minimum atomic E-state index is -0.0765. The molecule has 2 rings (SSSR count). The molecule has 0 spiro atoms. The lowest BCUT2D eigenvalue weighted by Crippen LogP contribution is -2.31. The van der Waals surface area contributed by atoms with Crippen LogP contribution in [-0.4, -0.2) is 41.5 Å².